The number of aliphatic hydroxyl groups is 1. The Morgan fingerprint density at radius 1 is 0.913 bits per heavy atom. The lowest BCUT2D eigenvalue weighted by Crippen LogP contribution is -2.14. The molecule has 0 saturated heterocycles. The maximum Gasteiger partial charge on any atom is 0.157 e. The highest BCUT2D eigenvalue weighted by atomic mass is 16.3. The molecule has 4 nitrogen and oxygen atoms in total. The highest BCUT2D eigenvalue weighted by Gasteiger charge is 2.12. The summed E-state index contributed by atoms with van der Waals surface area (Å²) in [6, 6.07) is 14.4. The first-order valence-electron chi connectivity index (χ1n) is 7.79. The van der Waals surface area contributed by atoms with E-state index in [1.807, 2.05) is 30.3 Å². The lowest BCUT2D eigenvalue weighted by molar-refractivity contribution is -0.120. The third-order valence-corrected chi connectivity index (χ3v) is 3.80. The zero-order valence-electron chi connectivity index (χ0n) is 13.0. The van der Waals surface area contributed by atoms with Crippen molar-refractivity contribution in [3.05, 3.63) is 59.7 Å². The van der Waals surface area contributed by atoms with Gasteiger partial charge in [0, 0.05) is 12.8 Å². The Kier molecular flexibility index (Phi) is 6.18. The predicted molar refractivity (Wildman–Crippen MR) is 88.5 cm³/mol. The number of hydrogen-bond acceptors (Lipinski definition) is 4. The summed E-state index contributed by atoms with van der Waals surface area (Å²) in [4.78, 5) is 11.9. The fourth-order valence-electron chi connectivity index (χ4n) is 2.45. The van der Waals surface area contributed by atoms with E-state index in [4.69, 9.17) is 0 Å². The average molecular weight is 314 g/mol. The van der Waals surface area contributed by atoms with Crippen LogP contribution in [0.3, 0.4) is 0 Å². The molecule has 0 aliphatic heterocycles. The molecule has 4 heteroatoms. The van der Waals surface area contributed by atoms with Crippen LogP contribution in [0.15, 0.2) is 48.5 Å². The third-order valence-electron chi connectivity index (χ3n) is 3.80. The Balaban J connectivity index is 1.72. The van der Waals surface area contributed by atoms with Crippen LogP contribution in [0.1, 0.15) is 30.4 Å². The molecule has 0 saturated carbocycles. The highest BCUT2D eigenvalue weighted by Crippen LogP contribution is 2.25. The van der Waals surface area contributed by atoms with Crippen molar-refractivity contribution in [3.63, 3.8) is 0 Å². The molecule has 0 bridgehead atoms. The number of phenolic OH excluding ortho intramolecular Hbond substituents is 2. The van der Waals surface area contributed by atoms with Gasteiger partial charge in [-0.25, -0.2) is 0 Å². The number of carbonyl (C=O) groups is 1. The minimum atomic E-state index is -0.686. The van der Waals surface area contributed by atoms with Crippen molar-refractivity contribution in [2.24, 2.45) is 0 Å². The van der Waals surface area contributed by atoms with Crippen molar-refractivity contribution >= 4 is 5.78 Å². The van der Waals surface area contributed by atoms with Crippen LogP contribution in [0, 0.1) is 0 Å². The number of aryl methyl sites for hydroxylation is 2. The standard InChI is InChI=1S/C19H22O4/c20-16(9-6-14-4-2-1-3-5-14)13-17(21)10-7-15-8-11-18(22)19(23)12-15/h1-5,8,11-12,17,21-23H,6-7,9-10,13H2. The van der Waals surface area contributed by atoms with E-state index in [1.165, 1.54) is 12.1 Å². The molecule has 1 unspecified atom stereocenters. The number of benzene rings is 2. The van der Waals surface area contributed by atoms with Gasteiger partial charge >= 0.3 is 0 Å². The topological polar surface area (TPSA) is 77.8 Å². The molecule has 0 aliphatic carbocycles. The third kappa shape index (κ3) is 5.75. The first-order chi connectivity index (χ1) is 11.0. The van der Waals surface area contributed by atoms with Crippen LogP contribution in [0.4, 0.5) is 0 Å². The van der Waals surface area contributed by atoms with Gasteiger partial charge in [-0.1, -0.05) is 36.4 Å². The summed E-state index contributed by atoms with van der Waals surface area (Å²) in [5, 5.41) is 28.6. The van der Waals surface area contributed by atoms with Crippen LogP contribution in [0.25, 0.3) is 0 Å². The van der Waals surface area contributed by atoms with E-state index in [2.05, 4.69) is 0 Å². The maximum absolute atomic E-state index is 11.9. The SMILES string of the molecule is O=C(CCc1ccccc1)CC(O)CCc1ccc(O)c(O)c1. The quantitative estimate of drug-likeness (QED) is 0.655. The van der Waals surface area contributed by atoms with Crippen molar-refractivity contribution in [1.29, 1.82) is 0 Å². The van der Waals surface area contributed by atoms with Crippen LogP contribution < -0.4 is 0 Å². The number of aliphatic hydroxyl groups excluding tert-OH is 1. The number of Topliss-reactive ketones (excluding diaryl/α,β-unsaturated/α-hetero) is 1. The van der Waals surface area contributed by atoms with E-state index in [0.29, 0.717) is 25.7 Å². The zero-order valence-corrected chi connectivity index (χ0v) is 13.0. The van der Waals surface area contributed by atoms with Gasteiger partial charge in [-0.2, -0.15) is 0 Å². The molecular weight excluding hydrogens is 292 g/mol. The molecule has 0 aliphatic rings. The van der Waals surface area contributed by atoms with Gasteiger partial charge in [0.25, 0.3) is 0 Å². The summed E-state index contributed by atoms with van der Waals surface area (Å²) >= 11 is 0. The van der Waals surface area contributed by atoms with Gasteiger partial charge in [0.05, 0.1) is 6.10 Å². The summed E-state index contributed by atoms with van der Waals surface area (Å²) in [5.74, 6) is -0.281. The molecule has 0 spiro atoms. The van der Waals surface area contributed by atoms with Gasteiger partial charge in [-0.05, 0) is 42.5 Å². The molecule has 23 heavy (non-hydrogen) atoms. The Morgan fingerprint density at radius 3 is 2.35 bits per heavy atom. The van der Waals surface area contributed by atoms with Gasteiger partial charge < -0.3 is 15.3 Å². The van der Waals surface area contributed by atoms with E-state index >= 15 is 0 Å². The monoisotopic (exact) mass is 314 g/mol. The van der Waals surface area contributed by atoms with Crippen molar-refractivity contribution in [1.82, 2.24) is 0 Å². The molecule has 3 N–H and O–H groups in total. The van der Waals surface area contributed by atoms with Gasteiger partial charge in [0.15, 0.2) is 11.5 Å². The van der Waals surface area contributed by atoms with E-state index in [9.17, 15) is 20.1 Å². The summed E-state index contributed by atoms with van der Waals surface area (Å²) in [6.45, 7) is 0. The van der Waals surface area contributed by atoms with E-state index in [0.717, 1.165) is 11.1 Å². The second-order valence-electron chi connectivity index (χ2n) is 5.74. The predicted octanol–water partition coefficient (Wildman–Crippen LogP) is 2.98. The first-order valence-corrected chi connectivity index (χ1v) is 7.79. The van der Waals surface area contributed by atoms with Crippen LogP contribution in [-0.4, -0.2) is 27.2 Å². The lowest BCUT2D eigenvalue weighted by atomic mass is 10.00. The number of aromatic hydroxyl groups is 2. The second-order valence-corrected chi connectivity index (χ2v) is 5.74. The van der Waals surface area contributed by atoms with Gasteiger partial charge in [-0.15, -0.1) is 0 Å². The number of ketones is 1. The van der Waals surface area contributed by atoms with Gasteiger partial charge in [0.1, 0.15) is 5.78 Å². The molecule has 0 fully saturated rings. The Hall–Kier alpha value is -2.33. The molecule has 0 radical (unpaired) electrons. The number of rotatable bonds is 8. The highest BCUT2D eigenvalue weighted by molar-refractivity contribution is 5.79. The molecule has 2 rings (SSSR count). The molecule has 0 aromatic heterocycles. The van der Waals surface area contributed by atoms with E-state index < -0.39 is 6.10 Å². The largest absolute Gasteiger partial charge is 0.504 e. The van der Waals surface area contributed by atoms with E-state index in [1.54, 1.807) is 6.07 Å². The van der Waals surface area contributed by atoms with Crippen LogP contribution >= 0.6 is 0 Å². The number of hydrogen-bond donors (Lipinski definition) is 3. The van der Waals surface area contributed by atoms with Crippen molar-refractivity contribution in [3.8, 4) is 11.5 Å². The minimum Gasteiger partial charge on any atom is -0.504 e. The first kappa shape index (κ1) is 17.0. The fourth-order valence-corrected chi connectivity index (χ4v) is 2.45. The average Bonchev–Trinajstić information content (AvgIpc) is 2.55. The summed E-state index contributed by atoms with van der Waals surface area (Å²) in [5.41, 5.74) is 1.94. The molecule has 0 heterocycles. The molecule has 0 amide bonds. The van der Waals surface area contributed by atoms with Crippen LogP contribution in [-0.2, 0) is 17.6 Å². The molecular formula is C19H22O4. The molecule has 1 atom stereocenters. The van der Waals surface area contributed by atoms with Crippen molar-refractivity contribution < 1.29 is 20.1 Å². The number of carbonyl (C=O) groups excluding carboxylic acids is 1. The summed E-state index contributed by atoms with van der Waals surface area (Å²) < 4.78 is 0. The smallest absolute Gasteiger partial charge is 0.157 e. The fraction of sp³-hybridized carbons (Fsp3) is 0.316. The normalized spacial score (nSPS) is 12.0. The summed E-state index contributed by atoms with van der Waals surface area (Å²) in [6.07, 6.45) is 1.58. The second kappa shape index (κ2) is 8.34. The summed E-state index contributed by atoms with van der Waals surface area (Å²) in [7, 11) is 0. The zero-order chi connectivity index (χ0) is 16.7. The number of phenols is 2. The Labute approximate surface area is 136 Å². The van der Waals surface area contributed by atoms with Crippen LogP contribution in [0.5, 0.6) is 11.5 Å². The molecule has 2 aromatic carbocycles. The van der Waals surface area contributed by atoms with E-state index in [-0.39, 0.29) is 23.7 Å². The van der Waals surface area contributed by atoms with Gasteiger partial charge in [-0.3, -0.25) is 4.79 Å². The molecule has 2 aromatic rings. The lowest BCUT2D eigenvalue weighted by Gasteiger charge is -2.10. The Morgan fingerprint density at radius 2 is 1.65 bits per heavy atom. The van der Waals surface area contributed by atoms with Crippen LogP contribution in [0.2, 0.25) is 0 Å². The maximum atomic E-state index is 11.9. The molecule has 122 valence electrons. The van der Waals surface area contributed by atoms with Crippen molar-refractivity contribution in [2.75, 3.05) is 0 Å². The Bertz CT molecular complexity index is 637. The van der Waals surface area contributed by atoms with Gasteiger partial charge in [0.2, 0.25) is 0 Å². The minimum absolute atomic E-state index is 0.0508. The van der Waals surface area contributed by atoms with Crippen molar-refractivity contribution in [2.45, 2.75) is 38.2 Å².